The van der Waals surface area contributed by atoms with Crippen LogP contribution in [0, 0.1) is 0 Å². The Balaban J connectivity index is 1.66. The first-order chi connectivity index (χ1) is 15.8. The van der Waals surface area contributed by atoms with E-state index in [0.717, 1.165) is 25.1 Å². The lowest BCUT2D eigenvalue weighted by Crippen LogP contribution is -2.67. The number of β-amino-alcohol motifs (C(OH)–C–C–N with tert-alkyl or cyclic N) is 1. The van der Waals surface area contributed by atoms with E-state index in [0.29, 0.717) is 37.1 Å². The van der Waals surface area contributed by atoms with Crippen molar-refractivity contribution in [1.29, 1.82) is 0 Å². The third-order valence-electron chi connectivity index (χ3n) is 7.14. The number of ether oxygens (including phenoxy) is 1. The van der Waals surface area contributed by atoms with Gasteiger partial charge in [-0.25, -0.2) is 0 Å². The highest BCUT2D eigenvalue weighted by Gasteiger charge is 2.57. The molecule has 6 heteroatoms. The molecule has 0 unspecified atom stereocenters. The SMILES string of the molecule is C=CCN1CC[C@@]2(c3cccc(OC(C)=O)c3)C[C@@H](NC(=O)c3ccccc3)CC[C@]2(O)C1. The molecule has 2 N–H and O–H groups in total. The molecule has 1 aliphatic heterocycles. The van der Waals surface area contributed by atoms with E-state index in [2.05, 4.69) is 16.8 Å². The fraction of sp³-hybridized carbons (Fsp3) is 0.407. The van der Waals surface area contributed by atoms with Crippen LogP contribution in [-0.2, 0) is 10.2 Å². The van der Waals surface area contributed by atoms with Gasteiger partial charge in [0.1, 0.15) is 5.75 Å². The molecule has 1 heterocycles. The second kappa shape index (κ2) is 9.49. The Bertz CT molecular complexity index is 1020. The average Bonchev–Trinajstić information content (AvgIpc) is 2.80. The van der Waals surface area contributed by atoms with Crippen molar-refractivity contribution in [2.24, 2.45) is 0 Å². The Hall–Kier alpha value is -2.96. The maximum Gasteiger partial charge on any atom is 0.308 e. The first kappa shape index (κ1) is 23.2. The van der Waals surface area contributed by atoms with Gasteiger partial charge in [0.15, 0.2) is 0 Å². The van der Waals surface area contributed by atoms with Gasteiger partial charge in [0.2, 0.25) is 0 Å². The molecule has 0 bridgehead atoms. The molecule has 6 nitrogen and oxygen atoms in total. The van der Waals surface area contributed by atoms with E-state index < -0.39 is 11.0 Å². The summed E-state index contributed by atoms with van der Waals surface area (Å²) in [4.78, 5) is 26.6. The third kappa shape index (κ3) is 4.72. The van der Waals surface area contributed by atoms with Crippen molar-refractivity contribution in [2.75, 3.05) is 19.6 Å². The zero-order chi connectivity index (χ0) is 23.5. The van der Waals surface area contributed by atoms with Crippen LogP contribution in [-0.4, -0.2) is 53.2 Å². The first-order valence-electron chi connectivity index (χ1n) is 11.6. The lowest BCUT2D eigenvalue weighted by atomic mass is 9.55. The van der Waals surface area contributed by atoms with Gasteiger partial charge in [0.25, 0.3) is 5.91 Å². The number of aliphatic hydroxyl groups is 1. The highest BCUT2D eigenvalue weighted by atomic mass is 16.5. The summed E-state index contributed by atoms with van der Waals surface area (Å²) in [5.41, 5.74) is 0.0517. The number of esters is 1. The van der Waals surface area contributed by atoms with E-state index in [4.69, 9.17) is 4.74 Å². The number of benzene rings is 2. The molecule has 174 valence electrons. The quantitative estimate of drug-likeness (QED) is 0.402. The number of likely N-dealkylation sites (tertiary alicyclic amines) is 1. The van der Waals surface area contributed by atoms with Crippen molar-refractivity contribution < 1.29 is 19.4 Å². The van der Waals surface area contributed by atoms with Crippen molar-refractivity contribution in [3.63, 3.8) is 0 Å². The summed E-state index contributed by atoms with van der Waals surface area (Å²) in [5, 5.41) is 15.2. The molecule has 0 radical (unpaired) electrons. The predicted octanol–water partition coefficient (Wildman–Crippen LogP) is 3.46. The number of amides is 1. The molecule has 1 amide bonds. The molecule has 2 aliphatic rings. The summed E-state index contributed by atoms with van der Waals surface area (Å²) < 4.78 is 5.35. The van der Waals surface area contributed by atoms with Crippen LogP contribution >= 0.6 is 0 Å². The number of nitrogens with zero attached hydrogens (tertiary/aromatic N) is 1. The summed E-state index contributed by atoms with van der Waals surface area (Å²) in [5.74, 6) is -0.00278. The Labute approximate surface area is 195 Å². The Morgan fingerprint density at radius 1 is 1.21 bits per heavy atom. The lowest BCUT2D eigenvalue weighted by molar-refractivity contribution is -0.131. The van der Waals surface area contributed by atoms with Crippen LogP contribution in [0.1, 0.15) is 48.5 Å². The zero-order valence-electron chi connectivity index (χ0n) is 19.1. The summed E-state index contributed by atoms with van der Waals surface area (Å²) in [6.45, 7) is 7.30. The number of carbonyl (C=O) groups excluding carboxylic acids is 2. The summed E-state index contributed by atoms with van der Waals surface area (Å²) in [7, 11) is 0. The first-order valence-corrected chi connectivity index (χ1v) is 11.6. The molecule has 1 saturated carbocycles. The molecule has 2 aromatic carbocycles. The summed E-state index contributed by atoms with van der Waals surface area (Å²) in [6.07, 6.45) is 4.48. The van der Waals surface area contributed by atoms with Crippen molar-refractivity contribution in [3.05, 3.63) is 78.4 Å². The second-order valence-electron chi connectivity index (χ2n) is 9.29. The van der Waals surface area contributed by atoms with Crippen LogP contribution in [0.3, 0.4) is 0 Å². The second-order valence-corrected chi connectivity index (χ2v) is 9.29. The van der Waals surface area contributed by atoms with Crippen LogP contribution in [0.15, 0.2) is 67.3 Å². The maximum atomic E-state index is 12.9. The molecule has 1 aliphatic carbocycles. The molecule has 2 fully saturated rings. The molecule has 33 heavy (non-hydrogen) atoms. The van der Waals surface area contributed by atoms with E-state index in [1.54, 1.807) is 18.2 Å². The van der Waals surface area contributed by atoms with E-state index in [1.165, 1.54) is 6.92 Å². The van der Waals surface area contributed by atoms with E-state index >= 15 is 0 Å². The van der Waals surface area contributed by atoms with Gasteiger partial charge in [-0.05, 0) is 62.1 Å². The van der Waals surface area contributed by atoms with Gasteiger partial charge in [-0.1, -0.05) is 36.4 Å². The van der Waals surface area contributed by atoms with Gasteiger partial charge in [-0.3, -0.25) is 14.5 Å². The number of rotatable bonds is 6. The lowest BCUT2D eigenvalue weighted by Gasteiger charge is -2.58. The minimum atomic E-state index is -0.961. The van der Waals surface area contributed by atoms with Gasteiger partial charge < -0.3 is 15.2 Å². The Morgan fingerprint density at radius 3 is 2.73 bits per heavy atom. The van der Waals surface area contributed by atoms with Gasteiger partial charge >= 0.3 is 5.97 Å². The number of fused-ring (bicyclic) bond motifs is 1. The largest absolute Gasteiger partial charge is 0.427 e. The fourth-order valence-corrected chi connectivity index (χ4v) is 5.60. The van der Waals surface area contributed by atoms with Crippen molar-refractivity contribution in [1.82, 2.24) is 10.2 Å². The molecule has 4 rings (SSSR count). The van der Waals surface area contributed by atoms with Crippen LogP contribution < -0.4 is 10.1 Å². The number of carbonyl (C=O) groups is 2. The van der Waals surface area contributed by atoms with E-state index in [9.17, 15) is 14.7 Å². The Kier molecular flexibility index (Phi) is 6.68. The van der Waals surface area contributed by atoms with Crippen molar-refractivity contribution >= 4 is 11.9 Å². The molecule has 1 saturated heterocycles. The van der Waals surface area contributed by atoms with Gasteiger partial charge in [-0.2, -0.15) is 0 Å². The van der Waals surface area contributed by atoms with Gasteiger partial charge in [-0.15, -0.1) is 6.58 Å². The molecule has 2 aromatic rings. The minimum absolute atomic E-state index is 0.0682. The van der Waals surface area contributed by atoms with Crippen molar-refractivity contribution in [2.45, 2.75) is 49.7 Å². The number of nitrogens with one attached hydrogen (secondary N) is 1. The molecule has 0 spiro atoms. The highest BCUT2D eigenvalue weighted by Crippen LogP contribution is 2.52. The number of hydrogen-bond donors (Lipinski definition) is 2. The topological polar surface area (TPSA) is 78.9 Å². The van der Waals surface area contributed by atoms with Gasteiger partial charge in [0.05, 0.1) is 5.60 Å². The standard InChI is InChI=1S/C27H32N2O4/c1-3-15-29-16-14-26(22-10-7-11-24(17-22)33-20(2)30)18-23(12-13-27(26,32)19-29)28-25(31)21-8-5-4-6-9-21/h3-11,17,23,32H,1,12-16,18-19H2,2H3,(H,28,31)/t23-,26-,27-/m0/s1. The van der Waals surface area contributed by atoms with Crippen LogP contribution in [0.2, 0.25) is 0 Å². The monoisotopic (exact) mass is 448 g/mol. The molecular formula is C27H32N2O4. The van der Waals surface area contributed by atoms with Crippen LogP contribution in [0.5, 0.6) is 5.75 Å². The van der Waals surface area contributed by atoms with Crippen LogP contribution in [0.4, 0.5) is 0 Å². The van der Waals surface area contributed by atoms with E-state index in [1.807, 2.05) is 42.5 Å². The van der Waals surface area contributed by atoms with E-state index in [-0.39, 0.29) is 17.9 Å². The fourth-order valence-electron chi connectivity index (χ4n) is 5.60. The normalized spacial score (nSPS) is 27.3. The van der Waals surface area contributed by atoms with Crippen molar-refractivity contribution in [3.8, 4) is 5.75 Å². The highest BCUT2D eigenvalue weighted by molar-refractivity contribution is 5.94. The number of hydrogen-bond acceptors (Lipinski definition) is 5. The number of piperidine rings is 1. The molecule has 3 atom stereocenters. The average molecular weight is 449 g/mol. The van der Waals surface area contributed by atoms with Crippen LogP contribution in [0.25, 0.3) is 0 Å². The molecular weight excluding hydrogens is 416 g/mol. The smallest absolute Gasteiger partial charge is 0.308 e. The summed E-state index contributed by atoms with van der Waals surface area (Å²) in [6, 6.07) is 16.6. The summed E-state index contributed by atoms with van der Waals surface area (Å²) >= 11 is 0. The minimum Gasteiger partial charge on any atom is -0.427 e. The maximum absolute atomic E-state index is 12.9. The molecule has 0 aromatic heterocycles. The third-order valence-corrected chi connectivity index (χ3v) is 7.14. The zero-order valence-corrected chi connectivity index (χ0v) is 19.1. The Morgan fingerprint density at radius 2 is 2.00 bits per heavy atom. The van der Waals surface area contributed by atoms with Gasteiger partial charge in [0, 0.05) is 37.0 Å². The predicted molar refractivity (Wildman–Crippen MR) is 127 cm³/mol.